The maximum absolute atomic E-state index is 11.3. The van der Waals surface area contributed by atoms with Gasteiger partial charge in [0.1, 0.15) is 6.04 Å². The molecule has 16 heavy (non-hydrogen) atoms. The second kappa shape index (κ2) is 6.78. The van der Waals surface area contributed by atoms with Crippen LogP contribution in [0.25, 0.3) is 0 Å². The van der Waals surface area contributed by atoms with Crippen LogP contribution in [-0.4, -0.2) is 40.1 Å². The van der Waals surface area contributed by atoms with E-state index in [9.17, 15) is 14.4 Å². The van der Waals surface area contributed by atoms with E-state index >= 15 is 0 Å². The predicted molar refractivity (Wildman–Crippen MR) is 54.7 cm³/mol. The van der Waals surface area contributed by atoms with Crippen molar-refractivity contribution in [3.05, 3.63) is 0 Å². The number of carboxylic acid groups (broad SMARTS) is 2. The van der Waals surface area contributed by atoms with Gasteiger partial charge in [-0.1, -0.05) is 13.3 Å². The normalized spacial score (nSPS) is 13.9. The zero-order valence-corrected chi connectivity index (χ0v) is 8.97. The zero-order chi connectivity index (χ0) is 12.7. The van der Waals surface area contributed by atoms with E-state index < -0.39 is 36.4 Å². The Balaban J connectivity index is 4.28. The molecule has 0 saturated carbocycles. The van der Waals surface area contributed by atoms with Crippen LogP contribution in [-0.2, 0) is 14.4 Å². The summed E-state index contributed by atoms with van der Waals surface area (Å²) in [5.41, 5.74) is 5.28. The van der Waals surface area contributed by atoms with Crippen LogP contribution in [0.3, 0.4) is 0 Å². The summed E-state index contributed by atoms with van der Waals surface area (Å²) in [4.78, 5) is 32.3. The molecule has 0 fully saturated rings. The van der Waals surface area contributed by atoms with Gasteiger partial charge in [0.05, 0.1) is 12.5 Å². The van der Waals surface area contributed by atoms with Gasteiger partial charge < -0.3 is 21.3 Å². The predicted octanol–water partition coefficient (Wildman–Crippen LogP) is -0.842. The van der Waals surface area contributed by atoms with Crippen LogP contribution in [0, 0.1) is 0 Å². The van der Waals surface area contributed by atoms with Gasteiger partial charge in [-0.2, -0.15) is 0 Å². The first-order valence-corrected chi connectivity index (χ1v) is 4.89. The lowest BCUT2D eigenvalue weighted by Gasteiger charge is -2.16. The van der Waals surface area contributed by atoms with E-state index in [1.165, 1.54) is 0 Å². The number of nitrogens with two attached hydrogens (primary N) is 1. The second-order valence-electron chi connectivity index (χ2n) is 3.39. The first-order valence-electron chi connectivity index (χ1n) is 4.89. The Morgan fingerprint density at radius 1 is 1.31 bits per heavy atom. The van der Waals surface area contributed by atoms with Gasteiger partial charge in [-0.05, 0) is 6.42 Å². The molecule has 7 nitrogen and oxygen atoms in total. The maximum Gasteiger partial charge on any atom is 0.326 e. The monoisotopic (exact) mass is 232 g/mol. The van der Waals surface area contributed by atoms with E-state index in [4.69, 9.17) is 15.9 Å². The summed E-state index contributed by atoms with van der Waals surface area (Å²) in [6.45, 7) is 1.78. The number of nitrogens with one attached hydrogen (secondary N) is 1. The molecule has 0 spiro atoms. The molecule has 92 valence electrons. The van der Waals surface area contributed by atoms with Crippen LogP contribution in [0.1, 0.15) is 26.2 Å². The van der Waals surface area contributed by atoms with Crippen molar-refractivity contribution in [2.75, 3.05) is 0 Å². The highest BCUT2D eigenvalue weighted by atomic mass is 16.4. The molecule has 0 aliphatic rings. The summed E-state index contributed by atoms with van der Waals surface area (Å²) in [5, 5.41) is 19.3. The van der Waals surface area contributed by atoms with Crippen molar-refractivity contribution < 1.29 is 24.6 Å². The summed E-state index contributed by atoms with van der Waals surface area (Å²) in [6.07, 6.45) is 0.344. The number of carbonyl (C=O) groups is 3. The SMILES string of the molecule is CCC[C@@H](NC(=O)C(N)CC(=O)O)C(=O)O. The number of carbonyl (C=O) groups excluding carboxylic acids is 1. The van der Waals surface area contributed by atoms with E-state index in [0.29, 0.717) is 6.42 Å². The Morgan fingerprint density at radius 3 is 2.25 bits per heavy atom. The van der Waals surface area contributed by atoms with Crippen molar-refractivity contribution in [3.8, 4) is 0 Å². The van der Waals surface area contributed by atoms with Crippen LogP contribution < -0.4 is 11.1 Å². The van der Waals surface area contributed by atoms with Crippen molar-refractivity contribution in [2.24, 2.45) is 5.73 Å². The minimum absolute atomic E-state index is 0.279. The standard InChI is InChI=1S/C9H16N2O5/c1-2-3-6(9(15)16)11-8(14)5(10)4-7(12)13/h5-6H,2-4,10H2,1H3,(H,11,14)(H,12,13)(H,15,16)/t5?,6-/m1/s1. The number of hydrogen-bond acceptors (Lipinski definition) is 4. The van der Waals surface area contributed by atoms with Crippen LogP contribution in [0.15, 0.2) is 0 Å². The van der Waals surface area contributed by atoms with Gasteiger partial charge in [-0.25, -0.2) is 4.79 Å². The third-order valence-corrected chi connectivity index (χ3v) is 1.92. The van der Waals surface area contributed by atoms with Gasteiger partial charge in [-0.3, -0.25) is 9.59 Å². The third-order valence-electron chi connectivity index (χ3n) is 1.92. The van der Waals surface area contributed by atoms with E-state index in [1.54, 1.807) is 6.92 Å². The molecule has 0 aromatic rings. The number of amides is 1. The lowest BCUT2D eigenvalue weighted by molar-refractivity contribution is -0.142. The lowest BCUT2D eigenvalue weighted by Crippen LogP contribution is -2.49. The van der Waals surface area contributed by atoms with Gasteiger partial charge in [-0.15, -0.1) is 0 Å². The first kappa shape index (κ1) is 14.4. The molecule has 1 unspecified atom stereocenters. The zero-order valence-electron chi connectivity index (χ0n) is 8.97. The van der Waals surface area contributed by atoms with Crippen LogP contribution in [0.4, 0.5) is 0 Å². The van der Waals surface area contributed by atoms with Gasteiger partial charge >= 0.3 is 11.9 Å². The molecule has 0 aliphatic heterocycles. The molecule has 1 amide bonds. The molecule has 2 atom stereocenters. The fourth-order valence-electron chi connectivity index (χ4n) is 1.11. The van der Waals surface area contributed by atoms with Crippen molar-refractivity contribution in [3.63, 3.8) is 0 Å². The minimum atomic E-state index is -1.23. The number of aliphatic carboxylic acids is 2. The second-order valence-corrected chi connectivity index (χ2v) is 3.39. The molecule has 0 bridgehead atoms. The largest absolute Gasteiger partial charge is 0.481 e. The summed E-state index contributed by atoms with van der Waals surface area (Å²) < 4.78 is 0. The van der Waals surface area contributed by atoms with Crippen LogP contribution >= 0.6 is 0 Å². The molecule has 7 heteroatoms. The number of hydrogen-bond donors (Lipinski definition) is 4. The Morgan fingerprint density at radius 2 is 1.88 bits per heavy atom. The molecule has 0 aliphatic carbocycles. The van der Waals surface area contributed by atoms with Gasteiger partial charge in [0.2, 0.25) is 5.91 Å². The van der Waals surface area contributed by atoms with E-state index in [-0.39, 0.29) is 6.42 Å². The number of rotatable bonds is 7. The Hall–Kier alpha value is -1.63. The minimum Gasteiger partial charge on any atom is -0.481 e. The fourth-order valence-corrected chi connectivity index (χ4v) is 1.11. The molecule has 0 radical (unpaired) electrons. The number of carboxylic acids is 2. The molecule has 0 aromatic heterocycles. The van der Waals surface area contributed by atoms with Gasteiger partial charge in [0.25, 0.3) is 0 Å². The smallest absolute Gasteiger partial charge is 0.326 e. The van der Waals surface area contributed by atoms with Crippen molar-refractivity contribution in [1.82, 2.24) is 5.32 Å². The van der Waals surface area contributed by atoms with Gasteiger partial charge in [0.15, 0.2) is 0 Å². The van der Waals surface area contributed by atoms with E-state index in [0.717, 1.165) is 0 Å². The molecule has 0 saturated heterocycles. The molecule has 5 N–H and O–H groups in total. The topological polar surface area (TPSA) is 130 Å². The molecular weight excluding hydrogens is 216 g/mol. The molecule has 0 heterocycles. The van der Waals surface area contributed by atoms with Crippen molar-refractivity contribution in [1.29, 1.82) is 0 Å². The Kier molecular flexibility index (Phi) is 6.09. The summed E-state index contributed by atoms with van der Waals surface area (Å²) >= 11 is 0. The molecule has 0 rings (SSSR count). The van der Waals surface area contributed by atoms with E-state index in [2.05, 4.69) is 5.32 Å². The fraction of sp³-hybridized carbons (Fsp3) is 0.667. The summed E-state index contributed by atoms with van der Waals surface area (Å²) in [6, 6.07) is -2.24. The Labute approximate surface area is 92.6 Å². The van der Waals surface area contributed by atoms with Crippen molar-refractivity contribution >= 4 is 17.8 Å². The van der Waals surface area contributed by atoms with Crippen LogP contribution in [0.2, 0.25) is 0 Å². The maximum atomic E-state index is 11.3. The average molecular weight is 232 g/mol. The molecular formula is C9H16N2O5. The van der Waals surface area contributed by atoms with E-state index in [1.807, 2.05) is 0 Å². The summed E-state index contributed by atoms with van der Waals surface area (Å²) in [7, 11) is 0. The quantitative estimate of drug-likeness (QED) is 0.452. The molecule has 0 aromatic carbocycles. The highest BCUT2D eigenvalue weighted by Crippen LogP contribution is 1.98. The first-order chi connectivity index (χ1) is 7.38. The third kappa shape index (κ3) is 5.30. The summed E-state index contributed by atoms with van der Waals surface area (Å²) in [5.74, 6) is -3.12. The Bertz CT molecular complexity index is 279. The van der Waals surface area contributed by atoms with Crippen molar-refractivity contribution in [2.45, 2.75) is 38.3 Å². The van der Waals surface area contributed by atoms with Crippen LogP contribution in [0.5, 0.6) is 0 Å². The van der Waals surface area contributed by atoms with Gasteiger partial charge in [0, 0.05) is 0 Å². The highest BCUT2D eigenvalue weighted by Gasteiger charge is 2.23. The lowest BCUT2D eigenvalue weighted by atomic mass is 10.1. The highest BCUT2D eigenvalue weighted by molar-refractivity contribution is 5.89. The average Bonchev–Trinajstić information content (AvgIpc) is 2.15.